The minimum atomic E-state index is -3.92. The molecule has 1 aliphatic carbocycles. The molecule has 5 nitrogen and oxygen atoms in total. The van der Waals surface area contributed by atoms with Crippen molar-refractivity contribution in [1.29, 1.82) is 0 Å². The first-order chi connectivity index (χ1) is 12.3. The Balaban J connectivity index is 1.85. The molecular weight excluding hydrogens is 374 g/mol. The molecule has 26 heavy (non-hydrogen) atoms. The van der Waals surface area contributed by atoms with E-state index in [0.29, 0.717) is 30.7 Å². The van der Waals surface area contributed by atoms with E-state index in [2.05, 4.69) is 4.72 Å². The molecule has 2 aromatic carbocycles. The summed E-state index contributed by atoms with van der Waals surface area (Å²) in [6, 6.07) is 13.6. The molecule has 0 unspecified atom stereocenters. The Kier molecular flexibility index (Phi) is 5.37. The summed E-state index contributed by atoms with van der Waals surface area (Å²) in [5.74, 6) is -1.11. The average molecular weight is 394 g/mol. The maximum absolute atomic E-state index is 12.7. The van der Waals surface area contributed by atoms with Gasteiger partial charge in [-0.15, -0.1) is 0 Å². The van der Waals surface area contributed by atoms with Gasteiger partial charge in [-0.3, -0.25) is 4.79 Å². The summed E-state index contributed by atoms with van der Waals surface area (Å²) in [5.41, 5.74) is 0.359. The fourth-order valence-electron chi connectivity index (χ4n) is 3.30. The molecule has 2 N–H and O–H groups in total. The molecule has 7 heteroatoms. The molecular formula is C19H20ClNO4S. The number of benzene rings is 2. The van der Waals surface area contributed by atoms with Crippen molar-refractivity contribution in [2.45, 2.75) is 42.5 Å². The van der Waals surface area contributed by atoms with E-state index in [-0.39, 0.29) is 4.90 Å². The first-order valence-corrected chi connectivity index (χ1v) is 10.3. The van der Waals surface area contributed by atoms with Crippen molar-refractivity contribution in [2.75, 3.05) is 0 Å². The highest BCUT2D eigenvalue weighted by Crippen LogP contribution is 2.31. The third-order valence-electron chi connectivity index (χ3n) is 4.79. The minimum absolute atomic E-state index is 0.0569. The molecule has 0 bridgehead atoms. The molecule has 0 aromatic heterocycles. The standard InChI is InChI=1S/C19H20ClNO4S/c20-16-8-4-14(5-9-16)15-6-10-17(11-7-15)26(24,25)21-19(18(22)23)12-2-1-3-13-19/h4-11,21H,1-3,12-13H2,(H,22,23). The third-order valence-corrected chi connectivity index (χ3v) is 6.59. The van der Waals surface area contributed by atoms with E-state index in [0.717, 1.165) is 17.5 Å². The Morgan fingerprint density at radius 1 is 0.923 bits per heavy atom. The van der Waals surface area contributed by atoms with Gasteiger partial charge >= 0.3 is 5.97 Å². The van der Waals surface area contributed by atoms with Crippen molar-refractivity contribution in [1.82, 2.24) is 4.72 Å². The number of sulfonamides is 1. The molecule has 0 saturated heterocycles. The first kappa shape index (κ1) is 18.9. The molecule has 0 radical (unpaired) electrons. The molecule has 1 saturated carbocycles. The second-order valence-electron chi connectivity index (χ2n) is 6.58. The molecule has 2 aromatic rings. The number of rotatable bonds is 5. The minimum Gasteiger partial charge on any atom is -0.480 e. The normalized spacial score (nSPS) is 17.0. The third kappa shape index (κ3) is 3.92. The van der Waals surface area contributed by atoms with Gasteiger partial charge in [-0.25, -0.2) is 8.42 Å². The van der Waals surface area contributed by atoms with Crippen molar-refractivity contribution >= 4 is 27.6 Å². The van der Waals surface area contributed by atoms with Crippen molar-refractivity contribution in [3.05, 3.63) is 53.6 Å². The molecule has 1 aliphatic rings. The van der Waals surface area contributed by atoms with Crippen LogP contribution in [0.15, 0.2) is 53.4 Å². The monoisotopic (exact) mass is 393 g/mol. The van der Waals surface area contributed by atoms with E-state index in [1.807, 2.05) is 12.1 Å². The number of halogens is 1. The summed E-state index contributed by atoms with van der Waals surface area (Å²) in [5, 5.41) is 10.2. The predicted molar refractivity (Wildman–Crippen MR) is 101 cm³/mol. The topological polar surface area (TPSA) is 83.5 Å². The van der Waals surface area contributed by atoms with E-state index >= 15 is 0 Å². The maximum atomic E-state index is 12.7. The number of carboxylic acid groups (broad SMARTS) is 1. The quantitative estimate of drug-likeness (QED) is 0.801. The van der Waals surface area contributed by atoms with Gasteiger partial charge in [0, 0.05) is 5.02 Å². The van der Waals surface area contributed by atoms with Crippen molar-refractivity contribution < 1.29 is 18.3 Å². The van der Waals surface area contributed by atoms with Crippen LogP contribution in [-0.4, -0.2) is 25.0 Å². The zero-order chi connectivity index (χ0) is 18.8. The zero-order valence-electron chi connectivity index (χ0n) is 14.1. The van der Waals surface area contributed by atoms with Gasteiger partial charge in [0.2, 0.25) is 10.0 Å². The van der Waals surface area contributed by atoms with Gasteiger partial charge in [0.1, 0.15) is 5.54 Å². The Hall–Kier alpha value is -1.89. The largest absolute Gasteiger partial charge is 0.480 e. The van der Waals surface area contributed by atoms with Gasteiger partial charge in [-0.2, -0.15) is 4.72 Å². The van der Waals surface area contributed by atoms with Crippen LogP contribution < -0.4 is 4.72 Å². The number of hydrogen-bond acceptors (Lipinski definition) is 3. The molecule has 0 aliphatic heterocycles. The second-order valence-corrected chi connectivity index (χ2v) is 8.70. The Morgan fingerprint density at radius 3 is 1.92 bits per heavy atom. The lowest BCUT2D eigenvalue weighted by Gasteiger charge is -2.33. The SMILES string of the molecule is O=C(O)C1(NS(=O)(=O)c2ccc(-c3ccc(Cl)cc3)cc2)CCCCC1. The van der Waals surface area contributed by atoms with Crippen LogP contribution in [0.5, 0.6) is 0 Å². The van der Waals surface area contributed by atoms with Crippen LogP contribution in [0, 0.1) is 0 Å². The van der Waals surface area contributed by atoms with Crippen LogP contribution in [0.1, 0.15) is 32.1 Å². The van der Waals surface area contributed by atoms with Gasteiger partial charge in [0.05, 0.1) is 4.90 Å². The van der Waals surface area contributed by atoms with Crippen LogP contribution >= 0.6 is 11.6 Å². The lowest BCUT2D eigenvalue weighted by molar-refractivity contribution is -0.145. The predicted octanol–water partition coefficient (Wildman–Crippen LogP) is 4.07. The molecule has 138 valence electrons. The average Bonchev–Trinajstić information content (AvgIpc) is 2.63. The van der Waals surface area contributed by atoms with Crippen molar-refractivity contribution in [2.24, 2.45) is 0 Å². The van der Waals surface area contributed by atoms with Crippen molar-refractivity contribution in [3.63, 3.8) is 0 Å². The highest BCUT2D eigenvalue weighted by atomic mass is 35.5. The van der Waals surface area contributed by atoms with E-state index < -0.39 is 21.5 Å². The number of aliphatic carboxylic acids is 1. The van der Waals surface area contributed by atoms with E-state index in [1.165, 1.54) is 12.1 Å². The van der Waals surface area contributed by atoms with Crippen LogP contribution in [0.3, 0.4) is 0 Å². The zero-order valence-corrected chi connectivity index (χ0v) is 15.7. The number of carbonyl (C=O) groups is 1. The van der Waals surface area contributed by atoms with Crippen LogP contribution in [-0.2, 0) is 14.8 Å². The van der Waals surface area contributed by atoms with Gasteiger partial charge in [0.15, 0.2) is 0 Å². The number of hydrogen-bond donors (Lipinski definition) is 2. The van der Waals surface area contributed by atoms with E-state index in [4.69, 9.17) is 11.6 Å². The molecule has 0 amide bonds. The fourth-order valence-corrected chi connectivity index (χ4v) is 4.84. The Bertz CT molecular complexity index is 886. The second kappa shape index (κ2) is 7.39. The molecule has 0 spiro atoms. The van der Waals surface area contributed by atoms with Crippen LogP contribution in [0.4, 0.5) is 0 Å². The molecule has 3 rings (SSSR count). The van der Waals surface area contributed by atoms with E-state index in [9.17, 15) is 18.3 Å². The summed E-state index contributed by atoms with van der Waals surface area (Å²) in [6.45, 7) is 0. The van der Waals surface area contributed by atoms with Gasteiger partial charge in [-0.05, 0) is 48.2 Å². The summed E-state index contributed by atoms with van der Waals surface area (Å²) in [4.78, 5) is 11.8. The van der Waals surface area contributed by atoms with E-state index in [1.54, 1.807) is 24.3 Å². The highest BCUT2D eigenvalue weighted by molar-refractivity contribution is 7.89. The van der Waals surface area contributed by atoms with Crippen LogP contribution in [0.2, 0.25) is 5.02 Å². The summed E-state index contributed by atoms with van der Waals surface area (Å²) in [7, 11) is -3.92. The van der Waals surface area contributed by atoms with Gasteiger partial charge in [-0.1, -0.05) is 55.1 Å². The molecule has 1 fully saturated rings. The Morgan fingerprint density at radius 2 is 1.42 bits per heavy atom. The summed E-state index contributed by atoms with van der Waals surface area (Å²) >= 11 is 5.88. The summed E-state index contributed by atoms with van der Waals surface area (Å²) in [6.07, 6.45) is 2.94. The fraction of sp³-hybridized carbons (Fsp3) is 0.316. The molecule has 0 heterocycles. The number of carboxylic acids is 1. The lowest BCUT2D eigenvalue weighted by atomic mass is 9.83. The van der Waals surface area contributed by atoms with Gasteiger partial charge in [0.25, 0.3) is 0 Å². The smallest absolute Gasteiger partial charge is 0.324 e. The highest BCUT2D eigenvalue weighted by Gasteiger charge is 2.43. The first-order valence-electron chi connectivity index (χ1n) is 8.46. The van der Waals surface area contributed by atoms with Crippen LogP contribution in [0.25, 0.3) is 11.1 Å². The van der Waals surface area contributed by atoms with Gasteiger partial charge < -0.3 is 5.11 Å². The molecule has 0 atom stereocenters. The maximum Gasteiger partial charge on any atom is 0.324 e. The summed E-state index contributed by atoms with van der Waals surface area (Å²) < 4.78 is 27.9. The number of nitrogens with one attached hydrogen (secondary N) is 1. The Labute approximate surface area is 158 Å². The lowest BCUT2D eigenvalue weighted by Crippen LogP contribution is -2.55. The van der Waals surface area contributed by atoms with Crippen molar-refractivity contribution in [3.8, 4) is 11.1 Å².